The number of nitrogens with zero attached hydrogens (tertiary/aromatic N) is 4. The number of carbonyl (C=O) groups is 1. The van der Waals surface area contributed by atoms with Gasteiger partial charge in [-0.1, -0.05) is 0 Å². The van der Waals surface area contributed by atoms with E-state index < -0.39 is 16.0 Å². The predicted molar refractivity (Wildman–Crippen MR) is 71.0 cm³/mol. The Bertz CT molecular complexity index is 654. The van der Waals surface area contributed by atoms with Crippen LogP contribution in [0.5, 0.6) is 0 Å². The fourth-order valence-electron chi connectivity index (χ4n) is 2.15. The third-order valence-corrected chi connectivity index (χ3v) is 5.18. The van der Waals surface area contributed by atoms with Crippen molar-refractivity contribution in [3.63, 3.8) is 0 Å². The highest BCUT2D eigenvalue weighted by Crippen LogP contribution is 2.19. The molecule has 0 radical (unpaired) electrons. The Morgan fingerprint density at radius 2 is 2.10 bits per heavy atom. The first-order valence-electron chi connectivity index (χ1n) is 6.33. The molecule has 1 saturated heterocycles. The summed E-state index contributed by atoms with van der Waals surface area (Å²) in [6.45, 7) is 2.14. The summed E-state index contributed by atoms with van der Waals surface area (Å²) in [7, 11) is -3.90. The fraction of sp³-hybridized carbons (Fsp3) is 0.545. The minimum atomic E-state index is -3.90. The largest absolute Gasteiger partial charge is 0.478 e. The van der Waals surface area contributed by atoms with E-state index in [4.69, 9.17) is 10.4 Å². The molecule has 0 bridgehead atoms. The summed E-state index contributed by atoms with van der Waals surface area (Å²) in [4.78, 5) is 13.0. The van der Waals surface area contributed by atoms with Crippen LogP contribution in [0.15, 0.2) is 11.2 Å². The summed E-state index contributed by atoms with van der Waals surface area (Å²) < 4.78 is 26.1. The van der Waals surface area contributed by atoms with Gasteiger partial charge in [0.2, 0.25) is 0 Å². The van der Waals surface area contributed by atoms with E-state index in [1.807, 2.05) is 11.0 Å². The second kappa shape index (κ2) is 6.21. The molecule has 1 aromatic heterocycles. The number of aromatic amines is 1. The predicted octanol–water partition coefficient (Wildman–Crippen LogP) is -0.672. The molecule has 0 aromatic carbocycles. The average Bonchev–Trinajstić information content (AvgIpc) is 2.96. The van der Waals surface area contributed by atoms with E-state index in [0.717, 1.165) is 6.20 Å². The molecule has 2 N–H and O–H groups in total. The number of H-pyrrole nitrogens is 1. The SMILES string of the molecule is N#CCCN1CCN(S(=O)(=O)c2[nH]ncc2C(=O)O)CC1. The van der Waals surface area contributed by atoms with Crippen LogP contribution in [0.3, 0.4) is 0 Å². The molecular weight excluding hydrogens is 298 g/mol. The third kappa shape index (κ3) is 3.21. The number of piperazine rings is 1. The van der Waals surface area contributed by atoms with Crippen molar-refractivity contribution in [2.45, 2.75) is 11.4 Å². The highest BCUT2D eigenvalue weighted by Gasteiger charge is 2.33. The number of hydrogen-bond donors (Lipinski definition) is 2. The Morgan fingerprint density at radius 1 is 1.43 bits per heavy atom. The lowest BCUT2D eigenvalue weighted by molar-refractivity contribution is 0.0692. The van der Waals surface area contributed by atoms with Gasteiger partial charge in [-0.05, 0) is 0 Å². The number of carboxylic acids is 1. The molecule has 0 spiro atoms. The van der Waals surface area contributed by atoms with Crippen LogP contribution >= 0.6 is 0 Å². The molecule has 2 rings (SSSR count). The lowest BCUT2D eigenvalue weighted by Crippen LogP contribution is -2.48. The van der Waals surface area contributed by atoms with Gasteiger partial charge in [-0.25, -0.2) is 13.2 Å². The molecule has 0 saturated carbocycles. The molecule has 10 heteroatoms. The number of aromatic carboxylic acids is 1. The Labute approximate surface area is 121 Å². The molecule has 1 fully saturated rings. The first kappa shape index (κ1) is 15.4. The Morgan fingerprint density at radius 3 is 2.67 bits per heavy atom. The zero-order valence-electron chi connectivity index (χ0n) is 11.2. The maximum Gasteiger partial charge on any atom is 0.340 e. The molecule has 21 heavy (non-hydrogen) atoms. The number of nitrogens with one attached hydrogen (secondary N) is 1. The van der Waals surface area contributed by atoms with Gasteiger partial charge in [0.15, 0.2) is 5.03 Å². The quantitative estimate of drug-likeness (QED) is 0.737. The molecule has 1 aromatic rings. The topological polar surface area (TPSA) is 130 Å². The standard InChI is InChI=1S/C11H15N5O4S/c12-2-1-3-15-4-6-16(7-5-15)21(19,20)10-9(11(17)18)8-13-14-10/h8H,1,3-7H2,(H,13,14)(H,17,18). The fourth-order valence-corrected chi connectivity index (χ4v) is 3.64. The van der Waals surface area contributed by atoms with E-state index in [-0.39, 0.29) is 23.7 Å². The molecule has 0 aliphatic carbocycles. The maximum atomic E-state index is 12.4. The van der Waals surface area contributed by atoms with Crippen molar-refractivity contribution in [1.29, 1.82) is 5.26 Å². The third-order valence-electron chi connectivity index (χ3n) is 3.30. The number of rotatable bonds is 5. The minimum absolute atomic E-state index is 0.256. The van der Waals surface area contributed by atoms with Crippen LogP contribution in [0.4, 0.5) is 0 Å². The van der Waals surface area contributed by atoms with Gasteiger partial charge in [0.25, 0.3) is 10.0 Å². The summed E-state index contributed by atoms with van der Waals surface area (Å²) in [6.07, 6.45) is 1.38. The van der Waals surface area contributed by atoms with Crippen LogP contribution in [0.1, 0.15) is 16.8 Å². The molecule has 0 unspecified atom stereocenters. The van der Waals surface area contributed by atoms with Crippen LogP contribution in [0, 0.1) is 11.3 Å². The number of hydrogen-bond acceptors (Lipinski definition) is 6. The molecule has 114 valence electrons. The molecule has 0 atom stereocenters. The number of nitriles is 1. The van der Waals surface area contributed by atoms with Crippen LogP contribution in [-0.4, -0.2) is 71.6 Å². The van der Waals surface area contributed by atoms with E-state index in [2.05, 4.69) is 10.2 Å². The van der Waals surface area contributed by atoms with Gasteiger partial charge in [-0.15, -0.1) is 0 Å². The zero-order valence-corrected chi connectivity index (χ0v) is 12.0. The van der Waals surface area contributed by atoms with Crippen molar-refractivity contribution in [3.8, 4) is 6.07 Å². The van der Waals surface area contributed by atoms with Gasteiger partial charge < -0.3 is 5.11 Å². The number of aromatic nitrogens is 2. The van der Waals surface area contributed by atoms with E-state index >= 15 is 0 Å². The normalized spacial score (nSPS) is 17.5. The average molecular weight is 313 g/mol. The van der Waals surface area contributed by atoms with Gasteiger partial charge in [0.1, 0.15) is 5.56 Å². The first-order chi connectivity index (χ1) is 9.96. The number of sulfonamides is 1. The second-order valence-corrected chi connectivity index (χ2v) is 6.45. The number of carboxylic acid groups (broad SMARTS) is 1. The minimum Gasteiger partial charge on any atom is -0.478 e. The molecule has 0 amide bonds. The Hall–Kier alpha value is -1.96. The van der Waals surface area contributed by atoms with Gasteiger partial charge >= 0.3 is 5.97 Å². The van der Waals surface area contributed by atoms with Gasteiger partial charge in [0.05, 0.1) is 12.3 Å². The second-order valence-electron chi connectivity index (χ2n) is 4.57. The summed E-state index contributed by atoms with van der Waals surface area (Å²) >= 11 is 0. The molecule has 1 aliphatic rings. The monoisotopic (exact) mass is 313 g/mol. The van der Waals surface area contributed by atoms with Gasteiger partial charge in [-0.3, -0.25) is 10.00 Å². The molecule has 1 aliphatic heterocycles. The van der Waals surface area contributed by atoms with Crippen LogP contribution in [0.2, 0.25) is 0 Å². The van der Waals surface area contributed by atoms with Crippen LogP contribution in [-0.2, 0) is 10.0 Å². The highest BCUT2D eigenvalue weighted by atomic mass is 32.2. The highest BCUT2D eigenvalue weighted by molar-refractivity contribution is 7.89. The zero-order chi connectivity index (χ0) is 15.5. The summed E-state index contributed by atoms with van der Waals surface area (Å²) in [5, 5.41) is 22.9. The maximum absolute atomic E-state index is 12.4. The van der Waals surface area contributed by atoms with Crippen molar-refractivity contribution in [2.75, 3.05) is 32.7 Å². The summed E-state index contributed by atoms with van der Waals surface area (Å²) in [5.41, 5.74) is -0.359. The lowest BCUT2D eigenvalue weighted by atomic mass is 10.3. The van der Waals surface area contributed by atoms with E-state index in [1.54, 1.807) is 0 Å². The Balaban J connectivity index is 2.10. The van der Waals surface area contributed by atoms with E-state index in [1.165, 1.54) is 4.31 Å². The summed E-state index contributed by atoms with van der Waals surface area (Å²) in [5.74, 6) is -1.34. The molecule has 2 heterocycles. The van der Waals surface area contributed by atoms with Crippen molar-refractivity contribution in [2.24, 2.45) is 0 Å². The van der Waals surface area contributed by atoms with Crippen LogP contribution in [0.25, 0.3) is 0 Å². The smallest absolute Gasteiger partial charge is 0.340 e. The first-order valence-corrected chi connectivity index (χ1v) is 7.77. The van der Waals surface area contributed by atoms with Crippen molar-refractivity contribution in [3.05, 3.63) is 11.8 Å². The van der Waals surface area contributed by atoms with Gasteiger partial charge in [0, 0.05) is 39.1 Å². The van der Waals surface area contributed by atoms with E-state index in [0.29, 0.717) is 26.1 Å². The Kier molecular flexibility index (Phi) is 4.56. The summed E-state index contributed by atoms with van der Waals surface area (Å²) in [6, 6.07) is 2.05. The molecule has 9 nitrogen and oxygen atoms in total. The van der Waals surface area contributed by atoms with Crippen molar-refractivity contribution < 1.29 is 18.3 Å². The van der Waals surface area contributed by atoms with Crippen LogP contribution < -0.4 is 0 Å². The van der Waals surface area contributed by atoms with Crippen molar-refractivity contribution in [1.82, 2.24) is 19.4 Å². The van der Waals surface area contributed by atoms with E-state index in [9.17, 15) is 13.2 Å². The molecular formula is C11H15N5O4S. The van der Waals surface area contributed by atoms with Gasteiger partial charge in [-0.2, -0.15) is 14.7 Å². The van der Waals surface area contributed by atoms with Crippen molar-refractivity contribution >= 4 is 16.0 Å². The lowest BCUT2D eigenvalue weighted by Gasteiger charge is -2.33.